The van der Waals surface area contributed by atoms with Crippen LogP contribution in [0.25, 0.3) is 0 Å². The maximum atomic E-state index is 6.10. The molecule has 2 saturated carbocycles. The van der Waals surface area contributed by atoms with Gasteiger partial charge in [-0.05, 0) is 55.8 Å². The molecule has 2 bridgehead atoms. The van der Waals surface area contributed by atoms with Gasteiger partial charge in [-0.1, -0.05) is 13.8 Å². The van der Waals surface area contributed by atoms with Crippen molar-refractivity contribution in [2.24, 2.45) is 34.5 Å². The highest BCUT2D eigenvalue weighted by molar-refractivity contribution is 5.08. The molecular formula is C21H36O4. The molecule has 0 aromatic rings. The van der Waals surface area contributed by atoms with Gasteiger partial charge in [0.1, 0.15) is 0 Å². The SMILES string of the molecule is CCC1(C(OC)C2CC3CC2CC3C(OC)C2(CC)COC2)COC1. The minimum absolute atomic E-state index is 0.270. The number of rotatable bonds is 8. The van der Waals surface area contributed by atoms with Crippen LogP contribution in [0.3, 0.4) is 0 Å². The molecule has 4 nitrogen and oxygen atoms in total. The molecule has 2 aliphatic heterocycles. The second-order valence-corrected chi connectivity index (χ2v) is 9.29. The third kappa shape index (κ3) is 2.62. The molecule has 2 aliphatic carbocycles. The lowest BCUT2D eigenvalue weighted by Crippen LogP contribution is -2.57. The van der Waals surface area contributed by atoms with Crippen LogP contribution in [0.2, 0.25) is 0 Å². The first kappa shape index (κ1) is 18.2. The van der Waals surface area contributed by atoms with Crippen LogP contribution < -0.4 is 0 Å². The molecular weight excluding hydrogens is 316 g/mol. The Hall–Kier alpha value is -0.160. The largest absolute Gasteiger partial charge is 0.380 e. The number of ether oxygens (including phenoxy) is 4. The quantitative estimate of drug-likeness (QED) is 0.670. The standard InChI is InChI=1S/C21H36O4/c1-5-20(10-24-11-20)18(22-3)16-8-15-7-14(16)9-17(15)19(23-4)21(6-2)12-25-13-21/h14-19H,5-13H2,1-4H3. The van der Waals surface area contributed by atoms with Gasteiger partial charge in [0.25, 0.3) is 0 Å². The van der Waals surface area contributed by atoms with Crippen molar-refractivity contribution in [2.75, 3.05) is 40.6 Å². The monoisotopic (exact) mass is 352 g/mol. The summed E-state index contributed by atoms with van der Waals surface area (Å²) in [4.78, 5) is 0. The summed E-state index contributed by atoms with van der Waals surface area (Å²) >= 11 is 0. The van der Waals surface area contributed by atoms with E-state index in [0.717, 1.165) is 38.3 Å². The van der Waals surface area contributed by atoms with E-state index in [1.165, 1.54) is 32.1 Å². The summed E-state index contributed by atoms with van der Waals surface area (Å²) in [5.41, 5.74) is 0.541. The normalized spacial score (nSPS) is 40.3. The first-order valence-corrected chi connectivity index (χ1v) is 10.3. The molecule has 4 aliphatic rings. The van der Waals surface area contributed by atoms with Crippen LogP contribution in [-0.4, -0.2) is 52.9 Å². The summed E-state index contributed by atoms with van der Waals surface area (Å²) in [6.45, 7) is 8.14. The predicted molar refractivity (Wildman–Crippen MR) is 96.5 cm³/mol. The molecule has 0 amide bonds. The van der Waals surface area contributed by atoms with Gasteiger partial charge in [-0.2, -0.15) is 0 Å². The number of hydrogen-bond acceptors (Lipinski definition) is 4. The van der Waals surface area contributed by atoms with Crippen LogP contribution >= 0.6 is 0 Å². The van der Waals surface area contributed by atoms with Crippen LogP contribution in [0.15, 0.2) is 0 Å². The van der Waals surface area contributed by atoms with Gasteiger partial charge in [0.2, 0.25) is 0 Å². The summed E-state index contributed by atoms with van der Waals surface area (Å²) in [7, 11) is 3.83. The number of fused-ring (bicyclic) bond motifs is 2. The van der Waals surface area contributed by atoms with E-state index in [4.69, 9.17) is 18.9 Å². The highest BCUT2D eigenvalue weighted by Gasteiger charge is 2.59. The van der Waals surface area contributed by atoms with Crippen LogP contribution in [0.4, 0.5) is 0 Å². The summed E-state index contributed by atoms with van der Waals surface area (Å²) in [6.07, 6.45) is 7.08. The molecule has 0 aromatic carbocycles. The van der Waals surface area contributed by atoms with Crippen LogP contribution in [-0.2, 0) is 18.9 Å². The topological polar surface area (TPSA) is 36.9 Å². The molecule has 0 radical (unpaired) electrons. The van der Waals surface area contributed by atoms with Gasteiger partial charge >= 0.3 is 0 Å². The zero-order chi connectivity index (χ0) is 17.7. The van der Waals surface area contributed by atoms with Crippen LogP contribution in [0.5, 0.6) is 0 Å². The van der Waals surface area contributed by atoms with Crippen LogP contribution in [0, 0.1) is 34.5 Å². The fourth-order valence-corrected chi connectivity index (χ4v) is 6.73. The predicted octanol–water partition coefficient (Wildman–Crippen LogP) is 3.53. The fraction of sp³-hybridized carbons (Fsp3) is 1.00. The van der Waals surface area contributed by atoms with E-state index in [9.17, 15) is 0 Å². The Morgan fingerprint density at radius 3 is 1.36 bits per heavy atom. The summed E-state index contributed by atoms with van der Waals surface area (Å²) in [6, 6.07) is 0. The molecule has 4 rings (SSSR count). The number of methoxy groups -OCH3 is 2. The van der Waals surface area contributed by atoms with Gasteiger partial charge in [-0.3, -0.25) is 0 Å². The Labute approximate surface area is 152 Å². The molecule has 6 unspecified atom stereocenters. The lowest BCUT2D eigenvalue weighted by Gasteiger charge is -2.52. The third-order valence-corrected chi connectivity index (χ3v) is 8.43. The minimum Gasteiger partial charge on any atom is -0.380 e. The molecule has 144 valence electrons. The molecule has 0 spiro atoms. The van der Waals surface area contributed by atoms with E-state index >= 15 is 0 Å². The molecule has 4 fully saturated rings. The smallest absolute Gasteiger partial charge is 0.0702 e. The Balaban J connectivity index is 1.46. The van der Waals surface area contributed by atoms with Gasteiger partial charge < -0.3 is 18.9 Å². The first-order valence-electron chi connectivity index (χ1n) is 10.3. The Bertz CT molecular complexity index is 417. The van der Waals surface area contributed by atoms with Crippen molar-refractivity contribution in [3.63, 3.8) is 0 Å². The summed E-state index contributed by atoms with van der Waals surface area (Å²) in [5, 5.41) is 0. The fourth-order valence-electron chi connectivity index (χ4n) is 6.73. The lowest BCUT2D eigenvalue weighted by atomic mass is 9.64. The Morgan fingerprint density at radius 2 is 1.16 bits per heavy atom. The van der Waals surface area contributed by atoms with E-state index in [1.807, 2.05) is 14.2 Å². The first-order chi connectivity index (χ1) is 12.1. The molecule has 2 heterocycles. The minimum atomic E-state index is 0.270. The second kappa shape index (κ2) is 6.78. The average Bonchev–Trinajstić information content (AvgIpc) is 3.14. The maximum absolute atomic E-state index is 6.10. The van der Waals surface area contributed by atoms with E-state index in [0.29, 0.717) is 24.0 Å². The molecule has 4 heteroatoms. The third-order valence-electron chi connectivity index (χ3n) is 8.43. The van der Waals surface area contributed by atoms with E-state index in [2.05, 4.69) is 13.8 Å². The Kier molecular flexibility index (Phi) is 4.94. The van der Waals surface area contributed by atoms with Crippen LogP contribution in [0.1, 0.15) is 46.0 Å². The molecule has 2 saturated heterocycles. The van der Waals surface area contributed by atoms with Crippen molar-refractivity contribution in [3.05, 3.63) is 0 Å². The molecule has 0 aromatic heterocycles. The van der Waals surface area contributed by atoms with Gasteiger partial charge in [-0.25, -0.2) is 0 Å². The zero-order valence-corrected chi connectivity index (χ0v) is 16.5. The highest BCUT2D eigenvalue weighted by Crippen LogP contribution is 2.59. The number of hydrogen-bond donors (Lipinski definition) is 0. The molecule has 6 atom stereocenters. The van der Waals surface area contributed by atoms with E-state index < -0.39 is 0 Å². The van der Waals surface area contributed by atoms with Gasteiger partial charge in [0.15, 0.2) is 0 Å². The molecule has 0 N–H and O–H groups in total. The van der Waals surface area contributed by atoms with Crippen molar-refractivity contribution < 1.29 is 18.9 Å². The van der Waals surface area contributed by atoms with E-state index in [1.54, 1.807) is 0 Å². The molecule has 25 heavy (non-hydrogen) atoms. The average molecular weight is 353 g/mol. The van der Waals surface area contributed by atoms with Crippen molar-refractivity contribution in [2.45, 2.75) is 58.2 Å². The van der Waals surface area contributed by atoms with Crippen molar-refractivity contribution in [1.82, 2.24) is 0 Å². The summed E-state index contributed by atoms with van der Waals surface area (Å²) in [5.74, 6) is 3.03. The van der Waals surface area contributed by atoms with E-state index in [-0.39, 0.29) is 10.8 Å². The van der Waals surface area contributed by atoms with Gasteiger partial charge in [0.05, 0.1) is 38.6 Å². The summed E-state index contributed by atoms with van der Waals surface area (Å²) < 4.78 is 23.4. The highest BCUT2D eigenvalue weighted by atomic mass is 16.5. The van der Waals surface area contributed by atoms with Crippen molar-refractivity contribution in [1.29, 1.82) is 0 Å². The van der Waals surface area contributed by atoms with Crippen molar-refractivity contribution in [3.8, 4) is 0 Å². The van der Waals surface area contributed by atoms with Gasteiger partial charge in [0, 0.05) is 25.0 Å². The zero-order valence-electron chi connectivity index (χ0n) is 16.5. The van der Waals surface area contributed by atoms with Crippen molar-refractivity contribution >= 4 is 0 Å². The van der Waals surface area contributed by atoms with Gasteiger partial charge in [-0.15, -0.1) is 0 Å². The second-order valence-electron chi connectivity index (χ2n) is 9.29. The Morgan fingerprint density at radius 1 is 0.760 bits per heavy atom. The lowest BCUT2D eigenvalue weighted by molar-refractivity contribution is -0.213. The maximum Gasteiger partial charge on any atom is 0.0702 e.